The quantitative estimate of drug-likeness (QED) is 0.929. The first-order valence-corrected chi connectivity index (χ1v) is 6.83. The fourth-order valence-corrected chi connectivity index (χ4v) is 2.36. The molecule has 96 valence electrons. The molecule has 0 radical (unpaired) electrons. The molecule has 5 heteroatoms. The SMILES string of the molecule is Cc1nc(COc2ccc([C@@H](C)O)cc2Cl)cs1. The summed E-state index contributed by atoms with van der Waals surface area (Å²) in [4.78, 5) is 4.31. The first-order valence-electron chi connectivity index (χ1n) is 5.57. The van der Waals surface area contributed by atoms with E-state index in [1.165, 1.54) is 0 Å². The molecule has 2 rings (SSSR count). The lowest BCUT2D eigenvalue weighted by molar-refractivity contribution is 0.199. The topological polar surface area (TPSA) is 42.4 Å². The summed E-state index contributed by atoms with van der Waals surface area (Å²) in [5, 5.41) is 12.9. The summed E-state index contributed by atoms with van der Waals surface area (Å²) in [7, 11) is 0. The van der Waals surface area contributed by atoms with E-state index in [1.807, 2.05) is 12.3 Å². The van der Waals surface area contributed by atoms with Crippen molar-refractivity contribution in [2.75, 3.05) is 0 Å². The molecule has 18 heavy (non-hydrogen) atoms. The second kappa shape index (κ2) is 5.69. The Bertz CT molecular complexity index is 540. The van der Waals surface area contributed by atoms with Crippen molar-refractivity contribution < 1.29 is 9.84 Å². The molecule has 0 bridgehead atoms. The molecular formula is C13H14ClNO2S. The number of rotatable bonds is 4. The number of hydrogen-bond donors (Lipinski definition) is 1. The average molecular weight is 284 g/mol. The summed E-state index contributed by atoms with van der Waals surface area (Å²) < 4.78 is 5.60. The molecule has 0 unspecified atom stereocenters. The Hall–Kier alpha value is -1.10. The zero-order valence-electron chi connectivity index (χ0n) is 10.2. The first-order chi connectivity index (χ1) is 8.56. The fraction of sp³-hybridized carbons (Fsp3) is 0.308. The Balaban J connectivity index is 2.05. The molecule has 0 spiro atoms. The predicted molar refractivity (Wildman–Crippen MR) is 73.3 cm³/mol. The Morgan fingerprint density at radius 3 is 2.83 bits per heavy atom. The highest BCUT2D eigenvalue weighted by Crippen LogP contribution is 2.28. The number of aliphatic hydroxyl groups is 1. The molecule has 1 aromatic carbocycles. The molecule has 0 amide bonds. The minimum absolute atomic E-state index is 0.401. The highest BCUT2D eigenvalue weighted by Gasteiger charge is 2.07. The van der Waals surface area contributed by atoms with Gasteiger partial charge in [0.15, 0.2) is 0 Å². The maximum absolute atomic E-state index is 9.44. The van der Waals surface area contributed by atoms with Gasteiger partial charge < -0.3 is 9.84 Å². The van der Waals surface area contributed by atoms with Crippen LogP contribution in [0.5, 0.6) is 5.75 Å². The molecule has 2 aromatic rings. The lowest BCUT2D eigenvalue weighted by atomic mass is 10.1. The van der Waals surface area contributed by atoms with Gasteiger partial charge in [0.1, 0.15) is 12.4 Å². The van der Waals surface area contributed by atoms with Crippen LogP contribution in [0.3, 0.4) is 0 Å². The summed E-state index contributed by atoms with van der Waals surface area (Å²) in [6.45, 7) is 4.06. The van der Waals surface area contributed by atoms with Crippen molar-refractivity contribution in [2.24, 2.45) is 0 Å². The van der Waals surface area contributed by atoms with Crippen LogP contribution in [0.4, 0.5) is 0 Å². The van der Waals surface area contributed by atoms with Crippen LogP contribution in [0.1, 0.15) is 29.3 Å². The van der Waals surface area contributed by atoms with Crippen LogP contribution in [0.15, 0.2) is 23.6 Å². The monoisotopic (exact) mass is 283 g/mol. The third-order valence-corrected chi connectivity index (χ3v) is 3.60. The fourth-order valence-electron chi connectivity index (χ4n) is 1.52. The van der Waals surface area contributed by atoms with Crippen LogP contribution in [0.2, 0.25) is 5.02 Å². The maximum Gasteiger partial charge on any atom is 0.138 e. The molecule has 0 aliphatic heterocycles. The van der Waals surface area contributed by atoms with Gasteiger partial charge in [0, 0.05) is 5.38 Å². The van der Waals surface area contributed by atoms with Gasteiger partial charge >= 0.3 is 0 Å². The van der Waals surface area contributed by atoms with Gasteiger partial charge in [-0.1, -0.05) is 17.7 Å². The Morgan fingerprint density at radius 1 is 1.50 bits per heavy atom. The zero-order valence-corrected chi connectivity index (χ0v) is 11.8. The van der Waals surface area contributed by atoms with Crippen molar-refractivity contribution in [1.82, 2.24) is 4.98 Å². The summed E-state index contributed by atoms with van der Waals surface area (Å²) >= 11 is 7.68. The molecule has 0 saturated heterocycles. The number of aromatic nitrogens is 1. The minimum atomic E-state index is -0.530. The van der Waals surface area contributed by atoms with Crippen molar-refractivity contribution in [3.63, 3.8) is 0 Å². The Kier molecular flexibility index (Phi) is 4.22. The van der Waals surface area contributed by atoms with E-state index < -0.39 is 6.10 Å². The van der Waals surface area contributed by atoms with Gasteiger partial charge in [-0.15, -0.1) is 11.3 Å². The lowest BCUT2D eigenvalue weighted by Gasteiger charge is -2.10. The number of thiazole rings is 1. The molecule has 1 aromatic heterocycles. The molecule has 3 nitrogen and oxygen atoms in total. The van der Waals surface area contributed by atoms with E-state index in [0.717, 1.165) is 16.3 Å². The Labute approximate surface area is 115 Å². The highest BCUT2D eigenvalue weighted by atomic mass is 35.5. The van der Waals surface area contributed by atoms with Crippen molar-refractivity contribution in [3.05, 3.63) is 44.9 Å². The smallest absolute Gasteiger partial charge is 0.138 e. The second-order valence-electron chi connectivity index (χ2n) is 4.01. The third kappa shape index (κ3) is 3.22. The number of ether oxygens (including phenoxy) is 1. The third-order valence-electron chi connectivity index (χ3n) is 2.48. The predicted octanol–water partition coefficient (Wildman–Crippen LogP) is 3.74. The summed E-state index contributed by atoms with van der Waals surface area (Å²) in [6.07, 6.45) is -0.530. The molecule has 1 atom stereocenters. The van der Waals surface area contributed by atoms with E-state index in [9.17, 15) is 5.11 Å². The van der Waals surface area contributed by atoms with E-state index >= 15 is 0 Å². The Morgan fingerprint density at radius 2 is 2.28 bits per heavy atom. The summed E-state index contributed by atoms with van der Waals surface area (Å²) in [6, 6.07) is 5.29. The van der Waals surface area contributed by atoms with E-state index in [0.29, 0.717) is 17.4 Å². The normalized spacial score (nSPS) is 12.4. The minimum Gasteiger partial charge on any atom is -0.486 e. The molecule has 0 aliphatic carbocycles. The van der Waals surface area contributed by atoms with E-state index in [2.05, 4.69) is 4.98 Å². The van der Waals surface area contributed by atoms with Crippen LogP contribution >= 0.6 is 22.9 Å². The van der Waals surface area contributed by atoms with Crippen LogP contribution < -0.4 is 4.74 Å². The number of hydrogen-bond acceptors (Lipinski definition) is 4. The van der Waals surface area contributed by atoms with Gasteiger partial charge in [-0.2, -0.15) is 0 Å². The summed E-state index contributed by atoms with van der Waals surface area (Å²) in [5.74, 6) is 0.603. The molecule has 1 heterocycles. The van der Waals surface area contributed by atoms with Gasteiger partial charge in [-0.25, -0.2) is 4.98 Å². The number of aryl methyl sites for hydroxylation is 1. The maximum atomic E-state index is 9.44. The van der Waals surface area contributed by atoms with E-state index in [-0.39, 0.29) is 0 Å². The molecule has 0 aliphatic rings. The lowest BCUT2D eigenvalue weighted by Crippen LogP contribution is -1.98. The molecule has 1 N–H and O–H groups in total. The summed E-state index contributed by atoms with van der Waals surface area (Å²) in [5.41, 5.74) is 1.67. The second-order valence-corrected chi connectivity index (χ2v) is 5.48. The highest BCUT2D eigenvalue weighted by molar-refractivity contribution is 7.09. The number of nitrogens with zero attached hydrogens (tertiary/aromatic N) is 1. The van der Waals surface area contributed by atoms with Gasteiger partial charge in [0.25, 0.3) is 0 Å². The molecule has 0 saturated carbocycles. The first kappa shape index (κ1) is 13.3. The molecular weight excluding hydrogens is 270 g/mol. The number of aliphatic hydroxyl groups excluding tert-OH is 1. The van der Waals surface area contributed by atoms with Gasteiger partial charge in [0.05, 0.1) is 21.8 Å². The van der Waals surface area contributed by atoms with Crippen LogP contribution in [-0.2, 0) is 6.61 Å². The van der Waals surface area contributed by atoms with Crippen LogP contribution in [0, 0.1) is 6.92 Å². The van der Waals surface area contributed by atoms with E-state index in [4.69, 9.17) is 16.3 Å². The van der Waals surface area contributed by atoms with Crippen LogP contribution in [0.25, 0.3) is 0 Å². The van der Waals surface area contributed by atoms with Crippen molar-refractivity contribution in [1.29, 1.82) is 0 Å². The van der Waals surface area contributed by atoms with E-state index in [1.54, 1.807) is 36.5 Å². The zero-order chi connectivity index (χ0) is 13.1. The largest absolute Gasteiger partial charge is 0.486 e. The van der Waals surface area contributed by atoms with Gasteiger partial charge in [-0.05, 0) is 31.5 Å². The number of halogens is 1. The van der Waals surface area contributed by atoms with Gasteiger partial charge in [-0.3, -0.25) is 0 Å². The van der Waals surface area contributed by atoms with Crippen molar-refractivity contribution >= 4 is 22.9 Å². The standard InChI is InChI=1S/C13H14ClNO2S/c1-8(16)10-3-4-13(12(14)5-10)17-6-11-7-18-9(2)15-11/h3-5,7-8,16H,6H2,1-2H3/t8-/m1/s1. The van der Waals surface area contributed by atoms with Crippen molar-refractivity contribution in [2.45, 2.75) is 26.6 Å². The number of benzene rings is 1. The molecule has 0 fully saturated rings. The van der Waals surface area contributed by atoms with Crippen molar-refractivity contribution in [3.8, 4) is 5.75 Å². The average Bonchev–Trinajstić information content (AvgIpc) is 2.73. The van der Waals surface area contributed by atoms with Gasteiger partial charge in [0.2, 0.25) is 0 Å². The van der Waals surface area contributed by atoms with Crippen LogP contribution in [-0.4, -0.2) is 10.1 Å².